The summed E-state index contributed by atoms with van der Waals surface area (Å²) in [6.07, 6.45) is 0.909. The SMILES string of the molecule is CC[C@@H](CNC(=O)CN=C1NS(=O)(=O)c2ccccc21)c1ccccc1. The van der Waals surface area contributed by atoms with Crippen LogP contribution in [0.2, 0.25) is 0 Å². The van der Waals surface area contributed by atoms with Crippen molar-refractivity contribution in [2.24, 2.45) is 4.99 Å². The molecule has 136 valence electrons. The number of aliphatic imine (C=N–C) groups is 1. The summed E-state index contributed by atoms with van der Waals surface area (Å²) in [5, 5.41) is 2.88. The molecule has 26 heavy (non-hydrogen) atoms. The van der Waals surface area contributed by atoms with Crippen molar-refractivity contribution in [3.8, 4) is 0 Å². The molecule has 6 nitrogen and oxygen atoms in total. The molecular weight excluding hydrogens is 350 g/mol. The zero-order valence-electron chi connectivity index (χ0n) is 14.5. The smallest absolute Gasteiger partial charge is 0.263 e. The maximum absolute atomic E-state index is 12.1. The minimum atomic E-state index is -3.58. The molecule has 2 N–H and O–H groups in total. The Morgan fingerprint density at radius 3 is 2.54 bits per heavy atom. The summed E-state index contributed by atoms with van der Waals surface area (Å²) in [6, 6.07) is 16.6. The quantitative estimate of drug-likeness (QED) is 0.814. The van der Waals surface area contributed by atoms with Gasteiger partial charge >= 0.3 is 0 Å². The molecule has 0 saturated heterocycles. The first-order valence-electron chi connectivity index (χ1n) is 8.49. The fourth-order valence-corrected chi connectivity index (χ4v) is 4.17. The lowest BCUT2D eigenvalue weighted by Crippen LogP contribution is -2.31. The third-order valence-corrected chi connectivity index (χ3v) is 5.75. The number of hydrogen-bond donors (Lipinski definition) is 2. The van der Waals surface area contributed by atoms with E-state index >= 15 is 0 Å². The molecular formula is C19H21N3O3S. The van der Waals surface area contributed by atoms with Crippen LogP contribution in [0.4, 0.5) is 0 Å². The zero-order chi connectivity index (χ0) is 18.6. The van der Waals surface area contributed by atoms with Gasteiger partial charge in [0.05, 0.1) is 4.90 Å². The van der Waals surface area contributed by atoms with Gasteiger partial charge in [-0.1, -0.05) is 49.4 Å². The molecule has 1 atom stereocenters. The standard InChI is InChI=1S/C19H21N3O3S/c1-2-14(15-8-4-3-5-9-15)12-20-18(23)13-21-19-16-10-6-7-11-17(16)26(24,25)22-19/h3-11,14H,2,12-13H2,1H3,(H,20,23)(H,21,22)/t14-/m0/s1. The molecule has 1 amide bonds. The average molecular weight is 371 g/mol. The summed E-state index contributed by atoms with van der Waals surface area (Å²) in [5.74, 6) is 0.208. The van der Waals surface area contributed by atoms with Crippen LogP contribution in [0.25, 0.3) is 0 Å². The Bertz CT molecular complexity index is 924. The second-order valence-electron chi connectivity index (χ2n) is 6.09. The van der Waals surface area contributed by atoms with Crippen molar-refractivity contribution < 1.29 is 13.2 Å². The molecule has 0 fully saturated rings. The molecule has 0 aromatic heterocycles. The largest absolute Gasteiger partial charge is 0.354 e. The number of nitrogens with one attached hydrogen (secondary N) is 2. The Hall–Kier alpha value is -2.67. The highest BCUT2D eigenvalue weighted by atomic mass is 32.2. The first kappa shape index (κ1) is 18.1. The maximum Gasteiger partial charge on any atom is 0.263 e. The van der Waals surface area contributed by atoms with Crippen molar-refractivity contribution in [2.75, 3.05) is 13.1 Å². The molecule has 3 rings (SSSR count). The van der Waals surface area contributed by atoms with Gasteiger partial charge < -0.3 is 5.32 Å². The van der Waals surface area contributed by atoms with Crippen LogP contribution in [-0.4, -0.2) is 33.3 Å². The highest BCUT2D eigenvalue weighted by Crippen LogP contribution is 2.22. The number of nitrogens with zero attached hydrogens (tertiary/aromatic N) is 1. The average Bonchev–Trinajstić information content (AvgIpc) is 2.92. The van der Waals surface area contributed by atoms with E-state index in [1.54, 1.807) is 18.2 Å². The first-order valence-corrected chi connectivity index (χ1v) is 9.98. The molecule has 1 heterocycles. The van der Waals surface area contributed by atoms with Gasteiger partial charge in [0.15, 0.2) is 0 Å². The van der Waals surface area contributed by atoms with Crippen LogP contribution in [-0.2, 0) is 14.8 Å². The van der Waals surface area contributed by atoms with Crippen molar-refractivity contribution in [3.63, 3.8) is 0 Å². The number of carbonyl (C=O) groups is 1. The van der Waals surface area contributed by atoms with Crippen molar-refractivity contribution in [1.29, 1.82) is 0 Å². The number of amides is 1. The van der Waals surface area contributed by atoms with Crippen molar-refractivity contribution in [2.45, 2.75) is 24.2 Å². The molecule has 0 aliphatic carbocycles. The maximum atomic E-state index is 12.1. The minimum Gasteiger partial charge on any atom is -0.354 e. The van der Waals surface area contributed by atoms with Gasteiger partial charge in [0.2, 0.25) is 5.91 Å². The number of amidine groups is 1. The van der Waals surface area contributed by atoms with Gasteiger partial charge in [0, 0.05) is 18.0 Å². The fourth-order valence-electron chi connectivity index (χ4n) is 2.92. The van der Waals surface area contributed by atoms with E-state index in [-0.39, 0.29) is 29.1 Å². The molecule has 0 bridgehead atoms. The molecule has 2 aromatic rings. The van der Waals surface area contributed by atoms with Crippen LogP contribution in [0, 0.1) is 0 Å². The predicted molar refractivity (Wildman–Crippen MR) is 101 cm³/mol. The van der Waals surface area contributed by atoms with E-state index in [4.69, 9.17) is 0 Å². The molecule has 7 heteroatoms. The van der Waals surface area contributed by atoms with Crippen LogP contribution in [0.3, 0.4) is 0 Å². The summed E-state index contributed by atoms with van der Waals surface area (Å²) in [4.78, 5) is 16.5. The van der Waals surface area contributed by atoms with E-state index in [1.165, 1.54) is 11.6 Å². The first-order chi connectivity index (χ1) is 12.5. The Morgan fingerprint density at radius 2 is 1.81 bits per heavy atom. The monoisotopic (exact) mass is 371 g/mol. The van der Waals surface area contributed by atoms with Gasteiger partial charge in [-0.3, -0.25) is 14.5 Å². The van der Waals surface area contributed by atoms with Crippen LogP contribution in [0.5, 0.6) is 0 Å². The van der Waals surface area contributed by atoms with Crippen molar-refractivity contribution in [3.05, 3.63) is 65.7 Å². The van der Waals surface area contributed by atoms with Crippen molar-refractivity contribution >= 4 is 21.8 Å². The third kappa shape index (κ3) is 3.94. The number of carbonyl (C=O) groups excluding carboxylic acids is 1. The Labute approximate surface area is 153 Å². The fraction of sp³-hybridized carbons (Fsp3) is 0.263. The van der Waals surface area contributed by atoms with Gasteiger partial charge in [-0.05, 0) is 24.1 Å². The summed E-state index contributed by atoms with van der Waals surface area (Å²) in [5.41, 5.74) is 1.68. The molecule has 2 aromatic carbocycles. The van der Waals surface area contributed by atoms with Crippen LogP contribution < -0.4 is 10.0 Å². The lowest BCUT2D eigenvalue weighted by molar-refractivity contribution is -0.119. The van der Waals surface area contributed by atoms with E-state index in [2.05, 4.69) is 22.0 Å². The highest BCUT2D eigenvalue weighted by Gasteiger charge is 2.30. The third-order valence-electron chi connectivity index (χ3n) is 4.35. The van der Waals surface area contributed by atoms with E-state index in [1.807, 2.05) is 30.3 Å². The van der Waals surface area contributed by atoms with Crippen molar-refractivity contribution in [1.82, 2.24) is 10.0 Å². The molecule has 0 unspecified atom stereocenters. The van der Waals surface area contributed by atoms with Gasteiger partial charge in [0.25, 0.3) is 10.0 Å². The van der Waals surface area contributed by atoms with Gasteiger partial charge in [-0.15, -0.1) is 0 Å². The number of rotatable bonds is 6. The number of sulfonamides is 1. The lowest BCUT2D eigenvalue weighted by atomic mass is 9.96. The van der Waals surface area contributed by atoms with Gasteiger partial charge in [-0.2, -0.15) is 0 Å². The zero-order valence-corrected chi connectivity index (χ0v) is 15.3. The second kappa shape index (κ2) is 7.70. The topological polar surface area (TPSA) is 87.6 Å². The van der Waals surface area contributed by atoms with E-state index in [0.717, 1.165) is 6.42 Å². The van der Waals surface area contributed by atoms with E-state index in [0.29, 0.717) is 12.1 Å². The summed E-state index contributed by atoms with van der Waals surface area (Å²) in [6.45, 7) is 2.47. The summed E-state index contributed by atoms with van der Waals surface area (Å²) in [7, 11) is -3.58. The molecule has 0 saturated carbocycles. The van der Waals surface area contributed by atoms with E-state index < -0.39 is 10.0 Å². The summed E-state index contributed by atoms with van der Waals surface area (Å²) < 4.78 is 26.4. The molecule has 0 spiro atoms. The second-order valence-corrected chi connectivity index (χ2v) is 7.74. The van der Waals surface area contributed by atoms with E-state index in [9.17, 15) is 13.2 Å². The Morgan fingerprint density at radius 1 is 1.12 bits per heavy atom. The lowest BCUT2D eigenvalue weighted by Gasteiger charge is -2.15. The number of benzene rings is 2. The molecule has 0 radical (unpaired) electrons. The molecule has 1 aliphatic rings. The van der Waals surface area contributed by atoms with Crippen LogP contribution in [0.1, 0.15) is 30.4 Å². The minimum absolute atomic E-state index is 0.128. The van der Waals surface area contributed by atoms with Crippen LogP contribution in [0.15, 0.2) is 64.5 Å². The Kier molecular flexibility index (Phi) is 5.37. The Balaban J connectivity index is 1.62. The summed E-state index contributed by atoms with van der Waals surface area (Å²) >= 11 is 0. The number of hydrogen-bond acceptors (Lipinski definition) is 4. The van der Waals surface area contributed by atoms with Crippen LogP contribution >= 0.6 is 0 Å². The van der Waals surface area contributed by atoms with Gasteiger partial charge in [0.1, 0.15) is 12.4 Å². The predicted octanol–water partition coefficient (Wildman–Crippen LogP) is 2.04. The van der Waals surface area contributed by atoms with Gasteiger partial charge in [-0.25, -0.2) is 8.42 Å². The normalized spacial score (nSPS) is 17.3. The highest BCUT2D eigenvalue weighted by molar-refractivity contribution is 7.90. The molecule has 1 aliphatic heterocycles. The number of fused-ring (bicyclic) bond motifs is 1.